The van der Waals surface area contributed by atoms with Crippen molar-refractivity contribution in [3.8, 4) is 5.75 Å². The summed E-state index contributed by atoms with van der Waals surface area (Å²) in [6.07, 6.45) is 2.22. The van der Waals surface area contributed by atoms with Gasteiger partial charge in [0.1, 0.15) is 11.4 Å². The molecule has 0 saturated carbocycles. The van der Waals surface area contributed by atoms with E-state index in [1.165, 1.54) is 0 Å². The maximum Gasteiger partial charge on any atom is 0.410 e. The van der Waals surface area contributed by atoms with Crippen LogP contribution in [0.25, 0.3) is 6.08 Å². The second-order valence-electron chi connectivity index (χ2n) is 11.8. The van der Waals surface area contributed by atoms with Gasteiger partial charge < -0.3 is 18.8 Å². The number of methoxy groups -OCH3 is 1. The summed E-state index contributed by atoms with van der Waals surface area (Å²) in [5.74, 6) is 1.42. The number of ether oxygens (including phenoxy) is 2. The molecule has 1 unspecified atom stereocenters. The van der Waals surface area contributed by atoms with Gasteiger partial charge in [0.25, 0.3) is 0 Å². The molecule has 10 heteroatoms. The van der Waals surface area contributed by atoms with Gasteiger partial charge in [-0.2, -0.15) is 0 Å². The summed E-state index contributed by atoms with van der Waals surface area (Å²) in [6, 6.07) is 7.82. The molecule has 3 rings (SSSR count). The first-order chi connectivity index (χ1) is 16.7. The number of carbonyl (C=O) groups excluding carboxylic acids is 1. The average Bonchev–Trinajstić information content (AvgIpc) is 3.19. The largest absolute Gasteiger partial charge is 0.497 e. The van der Waals surface area contributed by atoms with Gasteiger partial charge in [0.05, 0.1) is 19.8 Å². The van der Waals surface area contributed by atoms with Crippen LogP contribution >= 0.6 is 0 Å². The van der Waals surface area contributed by atoms with Crippen molar-refractivity contribution in [2.45, 2.75) is 84.3 Å². The predicted octanol–water partition coefficient (Wildman–Crippen LogP) is 5.14. The van der Waals surface area contributed by atoms with Crippen molar-refractivity contribution in [2.75, 3.05) is 20.2 Å². The Morgan fingerprint density at radius 3 is 2.39 bits per heavy atom. The Morgan fingerprint density at radius 1 is 1.14 bits per heavy atom. The van der Waals surface area contributed by atoms with E-state index in [0.717, 1.165) is 16.9 Å². The second kappa shape index (κ2) is 10.7. The number of carbonyl (C=O) groups is 1. The smallest absolute Gasteiger partial charge is 0.410 e. The molecule has 1 atom stereocenters. The fourth-order valence-electron chi connectivity index (χ4n) is 3.64. The van der Waals surface area contributed by atoms with Gasteiger partial charge in [-0.3, -0.25) is 0 Å². The average molecular weight is 516 g/mol. The molecule has 0 spiro atoms. The molecular formula is C26H41N5O4Si. The van der Waals surface area contributed by atoms with Crippen LogP contribution in [-0.2, 0) is 15.7 Å². The van der Waals surface area contributed by atoms with Crippen LogP contribution < -0.4 is 4.74 Å². The van der Waals surface area contributed by atoms with Crippen LogP contribution in [0.3, 0.4) is 0 Å². The summed E-state index contributed by atoms with van der Waals surface area (Å²) in [6.45, 7) is 18.3. The monoisotopic (exact) mass is 515 g/mol. The van der Waals surface area contributed by atoms with E-state index in [-0.39, 0.29) is 17.2 Å². The number of nitrogens with zero attached hydrogens (tertiary/aromatic N) is 5. The number of likely N-dealkylation sites (tertiary alicyclic amines) is 1. The minimum atomic E-state index is -2.05. The van der Waals surface area contributed by atoms with Crippen LogP contribution in [-0.4, -0.2) is 71.4 Å². The normalized spacial score (nSPS) is 18.4. The van der Waals surface area contributed by atoms with Crippen LogP contribution in [0.4, 0.5) is 4.79 Å². The van der Waals surface area contributed by atoms with E-state index >= 15 is 0 Å². The lowest BCUT2D eigenvalue weighted by Crippen LogP contribution is -2.50. The molecule has 1 saturated heterocycles. The van der Waals surface area contributed by atoms with Crippen molar-refractivity contribution in [1.82, 2.24) is 25.1 Å². The quantitative estimate of drug-likeness (QED) is 0.492. The van der Waals surface area contributed by atoms with E-state index in [4.69, 9.17) is 13.9 Å². The van der Waals surface area contributed by atoms with E-state index in [2.05, 4.69) is 49.4 Å². The number of amides is 1. The third-order valence-corrected chi connectivity index (χ3v) is 11.2. The van der Waals surface area contributed by atoms with Gasteiger partial charge in [-0.05, 0) is 85.1 Å². The van der Waals surface area contributed by atoms with Gasteiger partial charge >= 0.3 is 6.09 Å². The Bertz CT molecular complexity index is 1070. The molecule has 1 aromatic carbocycles. The van der Waals surface area contributed by atoms with Gasteiger partial charge in [-0.25, -0.2) is 9.48 Å². The summed E-state index contributed by atoms with van der Waals surface area (Å²) in [5, 5.41) is 12.5. The Kier molecular flexibility index (Phi) is 8.29. The number of hydrogen-bond acceptors (Lipinski definition) is 7. The lowest BCUT2D eigenvalue weighted by Gasteiger charge is -2.43. The SMILES string of the molecule is COc1ccc(Cn2nnnc2/C=C2\CN(C(=O)OC(C)(C)C)CCC2O[Si](C)(C)C(C)(C)C)cc1. The fourth-order valence-corrected chi connectivity index (χ4v) is 4.98. The van der Waals surface area contributed by atoms with E-state index < -0.39 is 13.9 Å². The first-order valence-electron chi connectivity index (χ1n) is 12.4. The zero-order valence-corrected chi connectivity index (χ0v) is 24.2. The number of hydrogen-bond donors (Lipinski definition) is 0. The van der Waals surface area contributed by atoms with Gasteiger partial charge in [0.2, 0.25) is 0 Å². The highest BCUT2D eigenvalue weighted by atomic mass is 28.4. The molecule has 1 amide bonds. The van der Waals surface area contributed by atoms with Crippen molar-refractivity contribution >= 4 is 20.5 Å². The summed E-state index contributed by atoms with van der Waals surface area (Å²) in [5.41, 5.74) is 1.47. The maximum atomic E-state index is 12.9. The van der Waals surface area contributed by atoms with Crippen molar-refractivity contribution in [3.05, 3.63) is 41.2 Å². The first-order valence-corrected chi connectivity index (χ1v) is 15.3. The molecule has 0 radical (unpaired) electrons. The summed E-state index contributed by atoms with van der Waals surface area (Å²) in [7, 11) is -0.406. The molecule has 36 heavy (non-hydrogen) atoms. The second-order valence-corrected chi connectivity index (χ2v) is 16.6. The molecule has 2 heterocycles. The van der Waals surface area contributed by atoms with Crippen molar-refractivity contribution in [3.63, 3.8) is 0 Å². The fraction of sp³-hybridized carbons (Fsp3) is 0.615. The Balaban J connectivity index is 1.89. The third-order valence-electron chi connectivity index (χ3n) is 6.71. The van der Waals surface area contributed by atoms with E-state index in [1.807, 2.05) is 51.1 Å². The highest BCUT2D eigenvalue weighted by molar-refractivity contribution is 6.74. The van der Waals surface area contributed by atoms with Crippen molar-refractivity contribution < 1.29 is 18.7 Å². The predicted molar refractivity (Wildman–Crippen MR) is 142 cm³/mol. The summed E-state index contributed by atoms with van der Waals surface area (Å²) >= 11 is 0. The molecule has 2 aromatic rings. The van der Waals surface area contributed by atoms with Crippen LogP contribution in [0.15, 0.2) is 29.8 Å². The summed E-state index contributed by atoms with van der Waals surface area (Å²) < 4.78 is 19.5. The molecular weight excluding hydrogens is 474 g/mol. The zero-order chi connectivity index (χ0) is 26.7. The number of aromatic nitrogens is 4. The van der Waals surface area contributed by atoms with Gasteiger partial charge in [-0.15, -0.1) is 5.10 Å². The van der Waals surface area contributed by atoms with Crippen LogP contribution in [0.1, 0.15) is 59.4 Å². The lowest BCUT2D eigenvalue weighted by atomic mass is 10.0. The molecule has 0 aliphatic carbocycles. The van der Waals surface area contributed by atoms with Crippen molar-refractivity contribution in [2.24, 2.45) is 0 Å². The van der Waals surface area contributed by atoms with Crippen LogP contribution in [0.5, 0.6) is 5.75 Å². The highest BCUT2D eigenvalue weighted by Crippen LogP contribution is 2.39. The first kappa shape index (κ1) is 27.9. The van der Waals surface area contributed by atoms with Crippen LogP contribution in [0, 0.1) is 0 Å². The topological polar surface area (TPSA) is 91.6 Å². The lowest BCUT2D eigenvalue weighted by molar-refractivity contribution is 0.0197. The van der Waals surface area contributed by atoms with Gasteiger partial charge in [0, 0.05) is 13.1 Å². The molecule has 0 bridgehead atoms. The van der Waals surface area contributed by atoms with Gasteiger partial charge in [-0.1, -0.05) is 32.9 Å². The van der Waals surface area contributed by atoms with Crippen LogP contribution in [0.2, 0.25) is 18.1 Å². The van der Waals surface area contributed by atoms with E-state index in [9.17, 15) is 4.79 Å². The molecule has 1 aromatic heterocycles. The third kappa shape index (κ3) is 7.16. The minimum absolute atomic E-state index is 0.0658. The summed E-state index contributed by atoms with van der Waals surface area (Å²) in [4.78, 5) is 14.6. The van der Waals surface area contributed by atoms with Gasteiger partial charge in [0.15, 0.2) is 14.1 Å². The Labute approximate surface area is 215 Å². The molecule has 1 fully saturated rings. The number of piperidine rings is 1. The maximum absolute atomic E-state index is 12.9. The molecule has 1 aliphatic rings. The van der Waals surface area contributed by atoms with E-state index in [0.29, 0.717) is 31.9 Å². The van der Waals surface area contributed by atoms with Crippen molar-refractivity contribution in [1.29, 1.82) is 0 Å². The number of benzene rings is 1. The molecule has 198 valence electrons. The molecule has 9 nitrogen and oxygen atoms in total. The Hall–Kier alpha value is -2.72. The Morgan fingerprint density at radius 2 is 1.81 bits per heavy atom. The molecule has 1 aliphatic heterocycles. The zero-order valence-electron chi connectivity index (χ0n) is 23.2. The molecule has 0 N–H and O–H groups in total. The highest BCUT2D eigenvalue weighted by Gasteiger charge is 2.41. The number of tetrazole rings is 1. The standard InChI is InChI=1S/C26H41N5O4Si/c1-25(2,3)34-24(32)30-15-14-22(35-36(8,9)26(4,5)6)20(18-30)16-23-27-28-29-31(23)17-19-10-12-21(33-7)13-11-19/h10-13,16,22H,14-15,17-18H2,1-9H3/b20-16+. The number of rotatable bonds is 6. The van der Waals surface area contributed by atoms with E-state index in [1.54, 1.807) is 16.7 Å². The minimum Gasteiger partial charge on any atom is -0.497 e.